The van der Waals surface area contributed by atoms with Crippen molar-refractivity contribution in [2.24, 2.45) is 0 Å². The Balaban J connectivity index is 3.26. The summed E-state index contributed by atoms with van der Waals surface area (Å²) in [4.78, 5) is 4.76. The van der Waals surface area contributed by atoms with E-state index in [2.05, 4.69) is 5.48 Å². The van der Waals surface area contributed by atoms with Crippen LogP contribution in [-0.2, 0) is 11.4 Å². The van der Waals surface area contributed by atoms with Gasteiger partial charge >= 0.3 is 0 Å². The lowest BCUT2D eigenvalue weighted by Crippen LogP contribution is -2.12. The first-order chi connectivity index (χ1) is 7.00. The number of rotatable bonds is 3. The molecule has 2 N–H and O–H groups in total. The van der Waals surface area contributed by atoms with Crippen molar-refractivity contribution in [3.05, 3.63) is 27.3 Å². The fourth-order valence-corrected chi connectivity index (χ4v) is 1.78. The van der Waals surface area contributed by atoms with E-state index < -0.39 is 0 Å². The number of hydroxylamine groups is 1. The summed E-state index contributed by atoms with van der Waals surface area (Å²) in [6.07, 6.45) is 0. The summed E-state index contributed by atoms with van der Waals surface area (Å²) in [7, 11) is 1.54. The van der Waals surface area contributed by atoms with Crippen LogP contribution >= 0.6 is 11.6 Å². The van der Waals surface area contributed by atoms with Gasteiger partial charge in [-0.25, -0.2) is 0 Å². The number of halogens is 1. The Morgan fingerprint density at radius 3 is 2.33 bits per heavy atom. The summed E-state index contributed by atoms with van der Waals surface area (Å²) >= 11 is 6.16. The number of hydrogen-bond acceptors (Lipinski definition) is 3. The molecule has 1 rings (SSSR count). The standard InChI is InChI=1S/C11H16ClNO2/c1-6-7(2)11(14)9(5-13-15-4)8(3)10(6)12/h13-14H,5H2,1-4H3. The molecule has 3 nitrogen and oxygen atoms in total. The van der Waals surface area contributed by atoms with Crippen LogP contribution in [-0.4, -0.2) is 12.2 Å². The molecule has 4 heteroatoms. The lowest BCUT2D eigenvalue weighted by Gasteiger charge is -2.15. The second-order valence-corrected chi connectivity index (χ2v) is 3.92. The Bertz CT molecular complexity index is 348. The van der Waals surface area contributed by atoms with Crippen LogP contribution in [0.3, 0.4) is 0 Å². The maximum atomic E-state index is 9.96. The van der Waals surface area contributed by atoms with Crippen LogP contribution < -0.4 is 5.48 Å². The average molecular weight is 230 g/mol. The summed E-state index contributed by atoms with van der Waals surface area (Å²) in [6.45, 7) is 6.08. The quantitative estimate of drug-likeness (QED) is 0.783. The van der Waals surface area contributed by atoms with E-state index in [4.69, 9.17) is 16.4 Å². The molecule has 0 unspecified atom stereocenters. The van der Waals surface area contributed by atoms with Crippen molar-refractivity contribution < 1.29 is 9.94 Å². The molecule has 0 spiro atoms. The van der Waals surface area contributed by atoms with E-state index in [9.17, 15) is 5.11 Å². The van der Waals surface area contributed by atoms with E-state index in [0.29, 0.717) is 17.3 Å². The van der Waals surface area contributed by atoms with Gasteiger partial charge in [0, 0.05) is 17.1 Å². The molecule has 0 saturated carbocycles. The predicted octanol–water partition coefficient (Wildman–Crippen LogP) is 2.62. The molecule has 15 heavy (non-hydrogen) atoms. The number of benzene rings is 1. The Morgan fingerprint density at radius 1 is 1.20 bits per heavy atom. The largest absolute Gasteiger partial charge is 0.507 e. The SMILES string of the molecule is CONCc1c(C)c(Cl)c(C)c(C)c1O. The third-order valence-corrected chi connectivity index (χ3v) is 3.27. The molecule has 0 heterocycles. The molecule has 0 aromatic heterocycles. The van der Waals surface area contributed by atoms with Crippen LogP contribution in [0.4, 0.5) is 0 Å². The second-order valence-electron chi connectivity index (χ2n) is 3.54. The van der Waals surface area contributed by atoms with Crippen LogP contribution in [0.2, 0.25) is 5.02 Å². The van der Waals surface area contributed by atoms with Crippen molar-refractivity contribution in [3.63, 3.8) is 0 Å². The highest BCUT2D eigenvalue weighted by Crippen LogP contribution is 2.34. The molecule has 1 aromatic rings. The van der Waals surface area contributed by atoms with Crippen LogP contribution in [0, 0.1) is 20.8 Å². The summed E-state index contributed by atoms with van der Waals surface area (Å²) in [5.74, 6) is 0.291. The Labute approximate surface area is 95.0 Å². The monoisotopic (exact) mass is 229 g/mol. The van der Waals surface area contributed by atoms with Crippen molar-refractivity contribution in [3.8, 4) is 5.75 Å². The van der Waals surface area contributed by atoms with Crippen LogP contribution in [0.1, 0.15) is 22.3 Å². The number of nitrogens with one attached hydrogen (secondary N) is 1. The van der Waals surface area contributed by atoms with E-state index in [1.54, 1.807) is 0 Å². The van der Waals surface area contributed by atoms with Crippen molar-refractivity contribution >= 4 is 11.6 Å². The first-order valence-corrected chi connectivity index (χ1v) is 5.11. The van der Waals surface area contributed by atoms with Crippen molar-refractivity contribution in [2.45, 2.75) is 27.3 Å². The smallest absolute Gasteiger partial charge is 0.123 e. The lowest BCUT2D eigenvalue weighted by atomic mass is 9.99. The molecule has 0 amide bonds. The molecule has 0 aliphatic heterocycles. The molecular weight excluding hydrogens is 214 g/mol. The minimum absolute atomic E-state index is 0.291. The first-order valence-electron chi connectivity index (χ1n) is 4.73. The third kappa shape index (κ3) is 2.25. The fourth-order valence-electron chi connectivity index (χ4n) is 1.52. The molecule has 0 bridgehead atoms. The molecule has 0 radical (unpaired) electrons. The fraction of sp³-hybridized carbons (Fsp3) is 0.455. The Kier molecular flexibility index (Phi) is 3.97. The van der Waals surface area contributed by atoms with Crippen molar-refractivity contribution in [1.82, 2.24) is 5.48 Å². The lowest BCUT2D eigenvalue weighted by molar-refractivity contribution is 0.0860. The average Bonchev–Trinajstić information content (AvgIpc) is 2.24. The van der Waals surface area contributed by atoms with E-state index in [1.807, 2.05) is 20.8 Å². The number of phenols is 1. The Morgan fingerprint density at radius 2 is 1.80 bits per heavy atom. The van der Waals surface area contributed by atoms with Gasteiger partial charge in [0.2, 0.25) is 0 Å². The van der Waals surface area contributed by atoms with Gasteiger partial charge in [-0.3, -0.25) is 0 Å². The van der Waals surface area contributed by atoms with Crippen LogP contribution in [0.15, 0.2) is 0 Å². The zero-order valence-electron chi connectivity index (χ0n) is 9.44. The van der Waals surface area contributed by atoms with Gasteiger partial charge in [-0.15, -0.1) is 0 Å². The maximum Gasteiger partial charge on any atom is 0.123 e. The molecule has 84 valence electrons. The minimum atomic E-state index is 0.291. The Hall–Kier alpha value is -0.770. The number of phenolic OH excluding ortho intramolecular Hbond substituents is 1. The van der Waals surface area contributed by atoms with E-state index in [1.165, 1.54) is 7.11 Å². The molecular formula is C11H16ClNO2. The highest BCUT2D eigenvalue weighted by atomic mass is 35.5. The molecule has 0 atom stereocenters. The van der Waals surface area contributed by atoms with Crippen molar-refractivity contribution in [2.75, 3.05) is 7.11 Å². The van der Waals surface area contributed by atoms with Crippen molar-refractivity contribution in [1.29, 1.82) is 0 Å². The highest BCUT2D eigenvalue weighted by Gasteiger charge is 2.14. The third-order valence-electron chi connectivity index (χ3n) is 2.71. The van der Waals surface area contributed by atoms with E-state index >= 15 is 0 Å². The van der Waals surface area contributed by atoms with Gasteiger partial charge in [0.1, 0.15) is 5.75 Å². The number of hydrogen-bond donors (Lipinski definition) is 2. The second kappa shape index (κ2) is 4.84. The summed E-state index contributed by atoms with van der Waals surface area (Å²) in [6, 6.07) is 0. The van der Waals surface area contributed by atoms with Gasteiger partial charge in [-0.05, 0) is 37.5 Å². The first kappa shape index (κ1) is 12.3. The molecule has 0 saturated heterocycles. The summed E-state index contributed by atoms with van der Waals surface area (Å²) in [5.41, 5.74) is 6.12. The summed E-state index contributed by atoms with van der Waals surface area (Å²) in [5, 5.41) is 10.7. The molecule has 0 fully saturated rings. The normalized spacial score (nSPS) is 10.7. The number of aromatic hydroxyl groups is 1. The zero-order valence-corrected chi connectivity index (χ0v) is 10.2. The molecule has 0 aliphatic carbocycles. The van der Waals surface area contributed by atoms with E-state index in [-0.39, 0.29) is 0 Å². The summed E-state index contributed by atoms with van der Waals surface area (Å²) < 4.78 is 0. The van der Waals surface area contributed by atoms with E-state index in [0.717, 1.165) is 22.3 Å². The van der Waals surface area contributed by atoms with Gasteiger partial charge in [-0.2, -0.15) is 5.48 Å². The van der Waals surface area contributed by atoms with Gasteiger partial charge in [0.25, 0.3) is 0 Å². The molecule has 1 aromatic carbocycles. The molecule has 0 aliphatic rings. The maximum absolute atomic E-state index is 9.96. The predicted molar refractivity (Wildman–Crippen MR) is 61.2 cm³/mol. The van der Waals surface area contributed by atoms with Crippen LogP contribution in [0.5, 0.6) is 5.75 Å². The minimum Gasteiger partial charge on any atom is -0.507 e. The topological polar surface area (TPSA) is 41.5 Å². The van der Waals surface area contributed by atoms with Gasteiger partial charge in [0.05, 0.1) is 7.11 Å². The zero-order chi connectivity index (χ0) is 11.6. The van der Waals surface area contributed by atoms with Crippen LogP contribution in [0.25, 0.3) is 0 Å². The van der Waals surface area contributed by atoms with Gasteiger partial charge < -0.3 is 9.94 Å². The highest BCUT2D eigenvalue weighted by molar-refractivity contribution is 6.32. The van der Waals surface area contributed by atoms with Gasteiger partial charge in [0.15, 0.2) is 0 Å². The van der Waals surface area contributed by atoms with Gasteiger partial charge in [-0.1, -0.05) is 11.6 Å².